The van der Waals surface area contributed by atoms with Gasteiger partial charge in [-0.2, -0.15) is 0 Å². The number of nitrogens with one attached hydrogen (secondary N) is 1. The average Bonchev–Trinajstić information content (AvgIpc) is 3.25. The number of amides is 1. The van der Waals surface area contributed by atoms with Crippen molar-refractivity contribution in [1.82, 2.24) is 19.7 Å². The number of thiazole rings is 1. The van der Waals surface area contributed by atoms with Gasteiger partial charge in [0.25, 0.3) is 0 Å². The summed E-state index contributed by atoms with van der Waals surface area (Å²) in [7, 11) is 1.82. The highest BCUT2D eigenvalue weighted by Gasteiger charge is 2.19. The number of nitrogens with zero attached hydrogens (tertiary/aromatic N) is 4. The Labute approximate surface area is 174 Å². The lowest BCUT2D eigenvalue weighted by atomic mass is 10.3. The quantitative estimate of drug-likeness (QED) is 0.543. The van der Waals surface area contributed by atoms with Gasteiger partial charge in [0.15, 0.2) is 22.2 Å². The maximum atomic E-state index is 12.0. The first-order valence-electron chi connectivity index (χ1n) is 7.77. The maximum absolute atomic E-state index is 12.0. The number of carbonyl (C=O) groups is 1. The first-order valence-corrected chi connectivity index (χ1v) is 10.4. The second-order valence-electron chi connectivity index (χ2n) is 5.41. The van der Waals surface area contributed by atoms with E-state index in [1.807, 2.05) is 14.0 Å². The number of halogens is 2. The van der Waals surface area contributed by atoms with E-state index in [2.05, 4.69) is 20.5 Å². The molecule has 1 N–H and O–H groups in total. The SMILES string of the molecule is CC(Oc1ccc(Cl)cc1Cl)c1nnc(SCC(=O)Nc2nccs2)n1C. The molecule has 0 aliphatic carbocycles. The van der Waals surface area contributed by atoms with E-state index < -0.39 is 0 Å². The van der Waals surface area contributed by atoms with E-state index in [1.165, 1.54) is 23.1 Å². The smallest absolute Gasteiger partial charge is 0.236 e. The second kappa shape index (κ2) is 8.92. The van der Waals surface area contributed by atoms with Gasteiger partial charge in [0.2, 0.25) is 5.91 Å². The summed E-state index contributed by atoms with van der Waals surface area (Å²) in [6.45, 7) is 1.85. The van der Waals surface area contributed by atoms with Crippen molar-refractivity contribution >= 4 is 57.3 Å². The normalized spacial score (nSPS) is 12.0. The van der Waals surface area contributed by atoms with Gasteiger partial charge in [0.1, 0.15) is 5.75 Å². The minimum atomic E-state index is -0.389. The Kier molecular flexibility index (Phi) is 6.59. The van der Waals surface area contributed by atoms with Gasteiger partial charge in [0.05, 0.1) is 10.8 Å². The first kappa shape index (κ1) is 19.9. The number of carbonyl (C=O) groups excluding carboxylic acids is 1. The molecule has 0 bridgehead atoms. The Morgan fingerprint density at radius 2 is 2.22 bits per heavy atom. The summed E-state index contributed by atoms with van der Waals surface area (Å²) in [6.07, 6.45) is 1.25. The molecule has 7 nitrogen and oxygen atoms in total. The number of ether oxygens (including phenoxy) is 1. The van der Waals surface area contributed by atoms with Crippen LogP contribution in [0.15, 0.2) is 34.9 Å². The molecule has 2 heterocycles. The number of thioether (sulfide) groups is 1. The van der Waals surface area contributed by atoms with Gasteiger partial charge >= 0.3 is 0 Å². The molecule has 0 spiro atoms. The monoisotopic (exact) mass is 443 g/mol. The van der Waals surface area contributed by atoms with E-state index in [0.717, 1.165) is 0 Å². The molecule has 3 rings (SSSR count). The van der Waals surface area contributed by atoms with Crippen LogP contribution in [0, 0.1) is 0 Å². The van der Waals surface area contributed by atoms with Crippen molar-refractivity contribution in [3.63, 3.8) is 0 Å². The topological polar surface area (TPSA) is 81.9 Å². The van der Waals surface area contributed by atoms with Gasteiger partial charge in [-0.1, -0.05) is 35.0 Å². The third-order valence-electron chi connectivity index (χ3n) is 3.44. The van der Waals surface area contributed by atoms with Crippen LogP contribution in [-0.4, -0.2) is 31.4 Å². The molecule has 1 aromatic carbocycles. The van der Waals surface area contributed by atoms with Gasteiger partial charge < -0.3 is 14.6 Å². The molecule has 27 heavy (non-hydrogen) atoms. The molecule has 2 aromatic heterocycles. The van der Waals surface area contributed by atoms with Crippen LogP contribution in [-0.2, 0) is 11.8 Å². The molecule has 1 unspecified atom stereocenters. The highest BCUT2D eigenvalue weighted by molar-refractivity contribution is 7.99. The van der Waals surface area contributed by atoms with Crippen LogP contribution in [0.5, 0.6) is 5.75 Å². The van der Waals surface area contributed by atoms with E-state index in [-0.39, 0.29) is 17.8 Å². The molecule has 1 atom stereocenters. The Morgan fingerprint density at radius 1 is 1.41 bits per heavy atom. The van der Waals surface area contributed by atoms with Gasteiger partial charge in [-0.3, -0.25) is 4.79 Å². The minimum absolute atomic E-state index is 0.156. The van der Waals surface area contributed by atoms with Gasteiger partial charge in [-0.25, -0.2) is 4.98 Å². The highest BCUT2D eigenvalue weighted by atomic mass is 35.5. The van der Waals surface area contributed by atoms with Crippen LogP contribution < -0.4 is 10.1 Å². The zero-order chi connectivity index (χ0) is 19.4. The van der Waals surface area contributed by atoms with Crippen LogP contribution in [0.2, 0.25) is 10.0 Å². The fourth-order valence-corrected chi connectivity index (χ4v) is 3.91. The number of benzene rings is 1. The number of aromatic nitrogens is 4. The fourth-order valence-electron chi connectivity index (χ4n) is 2.19. The van der Waals surface area contributed by atoms with E-state index in [4.69, 9.17) is 27.9 Å². The molecular weight excluding hydrogens is 429 g/mol. The van der Waals surface area contributed by atoms with E-state index in [9.17, 15) is 4.79 Å². The third-order valence-corrected chi connectivity index (χ3v) is 5.68. The maximum Gasteiger partial charge on any atom is 0.236 e. The summed E-state index contributed by atoms with van der Waals surface area (Å²) in [4.78, 5) is 16.0. The molecule has 142 valence electrons. The minimum Gasteiger partial charge on any atom is -0.481 e. The van der Waals surface area contributed by atoms with Crippen LogP contribution in [0.1, 0.15) is 18.9 Å². The summed E-state index contributed by atoms with van der Waals surface area (Å²) in [5.74, 6) is 1.17. The van der Waals surface area contributed by atoms with Crippen molar-refractivity contribution in [1.29, 1.82) is 0 Å². The predicted octanol–water partition coefficient (Wildman–Crippen LogP) is 4.45. The van der Waals surface area contributed by atoms with Gasteiger partial charge in [-0.05, 0) is 25.1 Å². The largest absolute Gasteiger partial charge is 0.481 e. The third kappa shape index (κ3) is 5.13. The standard InChI is InChI=1S/C16H15Cl2N5O2S2/c1-9(25-12-4-3-10(17)7-11(12)18)14-21-22-16(23(14)2)27-8-13(24)20-15-19-5-6-26-15/h3-7,9H,8H2,1-2H3,(H,19,20,24). The lowest BCUT2D eigenvalue weighted by molar-refractivity contribution is -0.113. The molecule has 1 amide bonds. The molecule has 0 saturated heterocycles. The second-order valence-corrected chi connectivity index (χ2v) is 8.09. The fraction of sp³-hybridized carbons (Fsp3) is 0.250. The van der Waals surface area contributed by atoms with Gasteiger partial charge in [-0.15, -0.1) is 21.5 Å². The van der Waals surface area contributed by atoms with Crippen molar-refractivity contribution in [3.05, 3.63) is 45.6 Å². The molecular formula is C16H15Cl2N5O2S2. The van der Waals surface area contributed by atoms with Crippen molar-refractivity contribution in [2.75, 3.05) is 11.1 Å². The molecule has 0 radical (unpaired) electrons. The van der Waals surface area contributed by atoms with Crippen molar-refractivity contribution in [3.8, 4) is 5.75 Å². The number of rotatable bonds is 7. The lowest BCUT2D eigenvalue weighted by Crippen LogP contribution is -2.14. The summed E-state index contributed by atoms with van der Waals surface area (Å²) >= 11 is 14.7. The molecule has 0 aliphatic rings. The lowest BCUT2D eigenvalue weighted by Gasteiger charge is -2.15. The van der Waals surface area contributed by atoms with Crippen molar-refractivity contribution < 1.29 is 9.53 Å². The molecule has 0 saturated carbocycles. The van der Waals surface area contributed by atoms with Crippen molar-refractivity contribution in [2.24, 2.45) is 7.05 Å². The molecule has 3 aromatic rings. The van der Waals surface area contributed by atoms with Crippen molar-refractivity contribution in [2.45, 2.75) is 18.2 Å². The van der Waals surface area contributed by atoms with E-state index in [0.29, 0.717) is 31.9 Å². The van der Waals surface area contributed by atoms with Crippen LogP contribution in [0.25, 0.3) is 0 Å². The van der Waals surface area contributed by atoms with E-state index >= 15 is 0 Å². The zero-order valence-electron chi connectivity index (χ0n) is 14.3. The number of anilines is 1. The summed E-state index contributed by atoms with van der Waals surface area (Å²) in [5, 5.41) is 15.0. The number of hydrogen-bond acceptors (Lipinski definition) is 7. The highest BCUT2D eigenvalue weighted by Crippen LogP contribution is 2.31. The van der Waals surface area contributed by atoms with E-state index in [1.54, 1.807) is 34.3 Å². The Bertz CT molecular complexity index is 933. The summed E-state index contributed by atoms with van der Waals surface area (Å²) < 4.78 is 7.65. The number of hydrogen-bond donors (Lipinski definition) is 1. The Balaban J connectivity index is 1.61. The first-order chi connectivity index (χ1) is 12.9. The summed E-state index contributed by atoms with van der Waals surface area (Å²) in [5.41, 5.74) is 0. The Morgan fingerprint density at radius 3 is 2.93 bits per heavy atom. The molecule has 0 fully saturated rings. The average molecular weight is 444 g/mol. The zero-order valence-corrected chi connectivity index (χ0v) is 17.5. The Hall–Kier alpha value is -1.81. The molecule has 0 aliphatic heterocycles. The van der Waals surface area contributed by atoms with Crippen LogP contribution in [0.4, 0.5) is 5.13 Å². The van der Waals surface area contributed by atoms with Gasteiger partial charge in [0, 0.05) is 23.6 Å². The molecule has 11 heteroatoms. The van der Waals surface area contributed by atoms with Crippen LogP contribution >= 0.6 is 46.3 Å². The summed E-state index contributed by atoms with van der Waals surface area (Å²) in [6, 6.07) is 5.02. The predicted molar refractivity (Wildman–Crippen MR) is 108 cm³/mol. The van der Waals surface area contributed by atoms with Crippen LogP contribution in [0.3, 0.4) is 0 Å².